The fourth-order valence-corrected chi connectivity index (χ4v) is 4.22. The quantitative estimate of drug-likeness (QED) is 0.768. The Hall–Kier alpha value is -2.44. The van der Waals surface area contributed by atoms with Crippen molar-refractivity contribution < 1.29 is 12.8 Å². The highest BCUT2D eigenvalue weighted by molar-refractivity contribution is 7.94. The summed E-state index contributed by atoms with van der Waals surface area (Å²) in [4.78, 5) is 6.63. The van der Waals surface area contributed by atoms with Gasteiger partial charge in [0.25, 0.3) is 10.0 Å². The molecule has 0 aliphatic carbocycles. The normalized spacial score (nSPS) is 11.5. The smallest absolute Gasteiger partial charge is 0.273 e. The van der Waals surface area contributed by atoms with Gasteiger partial charge in [0, 0.05) is 6.20 Å². The SMILES string of the molecule is Cc1ncc(S(=O)(=O)Nc2ccc(F)c3c(C#N)c[nH]c23)s1. The van der Waals surface area contributed by atoms with E-state index in [2.05, 4.69) is 14.7 Å². The highest BCUT2D eigenvalue weighted by atomic mass is 32.2. The Bertz CT molecular complexity index is 1010. The van der Waals surface area contributed by atoms with Crippen molar-refractivity contribution in [2.75, 3.05) is 4.72 Å². The van der Waals surface area contributed by atoms with E-state index >= 15 is 0 Å². The molecule has 0 unspecified atom stereocenters. The summed E-state index contributed by atoms with van der Waals surface area (Å²) >= 11 is 1.03. The van der Waals surface area contributed by atoms with Crippen LogP contribution in [0.5, 0.6) is 0 Å². The first-order chi connectivity index (χ1) is 10.4. The number of nitriles is 1. The lowest BCUT2D eigenvalue weighted by molar-refractivity contribution is 0.603. The Balaban J connectivity index is 2.11. The van der Waals surface area contributed by atoms with Crippen LogP contribution in [0.4, 0.5) is 10.1 Å². The fraction of sp³-hybridized carbons (Fsp3) is 0.0769. The van der Waals surface area contributed by atoms with Crippen molar-refractivity contribution in [2.24, 2.45) is 0 Å². The number of aryl methyl sites for hydroxylation is 1. The summed E-state index contributed by atoms with van der Waals surface area (Å²) < 4.78 is 40.9. The standard InChI is InChI=1S/C13H9FN4O2S2/c1-7-16-6-11(21-7)22(19,20)18-10-3-2-9(14)12-8(4-15)5-17-13(10)12/h2-3,5-6,17-18H,1H3. The van der Waals surface area contributed by atoms with Gasteiger partial charge in [-0.2, -0.15) is 5.26 Å². The van der Waals surface area contributed by atoms with Gasteiger partial charge in [0.1, 0.15) is 11.9 Å². The van der Waals surface area contributed by atoms with E-state index < -0.39 is 15.8 Å². The number of thiazole rings is 1. The molecule has 0 fully saturated rings. The molecule has 0 spiro atoms. The van der Waals surface area contributed by atoms with E-state index in [-0.39, 0.29) is 26.4 Å². The van der Waals surface area contributed by atoms with E-state index in [4.69, 9.17) is 5.26 Å². The van der Waals surface area contributed by atoms with Crippen LogP contribution in [-0.4, -0.2) is 18.4 Å². The number of rotatable bonds is 3. The molecule has 2 N–H and O–H groups in total. The van der Waals surface area contributed by atoms with Crippen molar-refractivity contribution in [3.63, 3.8) is 0 Å². The molecule has 0 amide bonds. The Kier molecular flexibility index (Phi) is 3.35. The monoisotopic (exact) mass is 336 g/mol. The molecule has 6 nitrogen and oxygen atoms in total. The number of hydrogen-bond acceptors (Lipinski definition) is 5. The Morgan fingerprint density at radius 2 is 2.23 bits per heavy atom. The third-order valence-corrected chi connectivity index (χ3v) is 5.75. The van der Waals surface area contributed by atoms with E-state index in [0.717, 1.165) is 17.4 Å². The third kappa shape index (κ3) is 2.32. The van der Waals surface area contributed by atoms with Crippen molar-refractivity contribution in [1.29, 1.82) is 5.26 Å². The second-order valence-electron chi connectivity index (χ2n) is 4.46. The Morgan fingerprint density at radius 1 is 1.45 bits per heavy atom. The topological polar surface area (TPSA) is 98.6 Å². The van der Waals surface area contributed by atoms with Gasteiger partial charge in [-0.1, -0.05) is 0 Å². The number of nitrogens with zero attached hydrogens (tertiary/aromatic N) is 2. The minimum atomic E-state index is -3.81. The second-order valence-corrected chi connectivity index (χ2v) is 7.61. The lowest BCUT2D eigenvalue weighted by atomic mass is 10.1. The van der Waals surface area contributed by atoms with Crippen molar-refractivity contribution in [1.82, 2.24) is 9.97 Å². The molecular weight excluding hydrogens is 327 g/mol. The van der Waals surface area contributed by atoms with Crippen molar-refractivity contribution in [3.05, 3.63) is 40.9 Å². The molecule has 3 rings (SSSR count). The first-order valence-corrected chi connectivity index (χ1v) is 8.37. The first-order valence-electron chi connectivity index (χ1n) is 6.07. The van der Waals surface area contributed by atoms with E-state index in [9.17, 15) is 12.8 Å². The van der Waals surface area contributed by atoms with E-state index in [1.165, 1.54) is 18.5 Å². The Morgan fingerprint density at radius 3 is 2.86 bits per heavy atom. The van der Waals surface area contributed by atoms with E-state index in [1.54, 1.807) is 6.92 Å². The summed E-state index contributed by atoms with van der Waals surface area (Å²) in [6, 6.07) is 4.28. The van der Waals surface area contributed by atoms with Gasteiger partial charge in [-0.05, 0) is 19.1 Å². The molecular formula is C13H9FN4O2S2. The molecule has 2 heterocycles. The van der Waals surface area contributed by atoms with Crippen LogP contribution < -0.4 is 4.72 Å². The highest BCUT2D eigenvalue weighted by Crippen LogP contribution is 2.30. The summed E-state index contributed by atoms with van der Waals surface area (Å²) in [5, 5.41) is 9.65. The van der Waals surface area contributed by atoms with E-state index in [1.807, 2.05) is 6.07 Å². The number of hydrogen-bond donors (Lipinski definition) is 2. The zero-order chi connectivity index (χ0) is 15.9. The minimum absolute atomic E-state index is 0.0585. The molecule has 0 atom stereocenters. The number of fused-ring (bicyclic) bond motifs is 1. The van der Waals surface area contributed by atoms with Crippen molar-refractivity contribution in [2.45, 2.75) is 11.1 Å². The summed E-state index contributed by atoms with van der Waals surface area (Å²) in [5.41, 5.74) is 0.507. The van der Waals surface area contributed by atoms with Crippen LogP contribution in [0.2, 0.25) is 0 Å². The number of H-pyrrole nitrogens is 1. The molecule has 22 heavy (non-hydrogen) atoms. The van der Waals surface area contributed by atoms with Gasteiger partial charge in [-0.25, -0.2) is 17.8 Å². The molecule has 0 radical (unpaired) electrons. The molecule has 0 aliphatic heterocycles. The molecule has 0 bridgehead atoms. The molecule has 3 aromatic rings. The number of aromatic amines is 1. The van der Waals surface area contributed by atoms with Gasteiger partial charge < -0.3 is 4.98 Å². The lowest BCUT2D eigenvalue weighted by Crippen LogP contribution is -2.12. The third-order valence-electron chi connectivity index (χ3n) is 3.01. The maximum absolute atomic E-state index is 13.8. The van der Waals surface area contributed by atoms with Crippen molar-refractivity contribution >= 4 is 38.0 Å². The zero-order valence-corrected chi connectivity index (χ0v) is 12.8. The van der Waals surface area contributed by atoms with Gasteiger partial charge in [-0.15, -0.1) is 11.3 Å². The van der Waals surface area contributed by atoms with Gasteiger partial charge in [0.15, 0.2) is 4.21 Å². The number of anilines is 1. The summed E-state index contributed by atoms with van der Waals surface area (Å²) in [6.45, 7) is 1.70. The molecule has 1 aromatic carbocycles. The maximum atomic E-state index is 13.8. The predicted octanol–water partition coefficient (Wildman–Crippen LogP) is 2.74. The number of halogens is 1. The van der Waals surface area contributed by atoms with Crippen LogP contribution in [0.3, 0.4) is 0 Å². The largest absolute Gasteiger partial charge is 0.358 e. The van der Waals surface area contributed by atoms with E-state index in [0.29, 0.717) is 5.01 Å². The maximum Gasteiger partial charge on any atom is 0.273 e. The average Bonchev–Trinajstić information content (AvgIpc) is 3.08. The highest BCUT2D eigenvalue weighted by Gasteiger charge is 2.20. The molecule has 0 saturated carbocycles. The van der Waals surface area contributed by atoms with Crippen LogP contribution in [0.25, 0.3) is 10.9 Å². The van der Waals surface area contributed by atoms with Crippen LogP contribution >= 0.6 is 11.3 Å². The van der Waals surface area contributed by atoms with Gasteiger partial charge in [-0.3, -0.25) is 4.72 Å². The zero-order valence-electron chi connectivity index (χ0n) is 11.2. The van der Waals surface area contributed by atoms with Crippen LogP contribution in [0.15, 0.2) is 28.7 Å². The minimum Gasteiger partial charge on any atom is -0.358 e. The Labute approximate surface area is 129 Å². The summed E-state index contributed by atoms with van der Waals surface area (Å²) in [5.74, 6) is -0.593. The van der Waals surface area contributed by atoms with Gasteiger partial charge in [0.2, 0.25) is 0 Å². The van der Waals surface area contributed by atoms with Crippen molar-refractivity contribution in [3.8, 4) is 6.07 Å². The lowest BCUT2D eigenvalue weighted by Gasteiger charge is -2.07. The predicted molar refractivity (Wildman–Crippen MR) is 80.6 cm³/mol. The molecule has 0 saturated heterocycles. The number of benzene rings is 1. The summed E-state index contributed by atoms with van der Waals surface area (Å²) in [6.07, 6.45) is 2.60. The molecule has 2 aromatic heterocycles. The van der Waals surface area contributed by atoms with Crippen LogP contribution in [0.1, 0.15) is 10.6 Å². The van der Waals surface area contributed by atoms with Crippen LogP contribution in [0, 0.1) is 24.1 Å². The van der Waals surface area contributed by atoms with Crippen LogP contribution in [-0.2, 0) is 10.0 Å². The first kappa shape index (κ1) is 14.5. The molecule has 112 valence electrons. The van der Waals surface area contributed by atoms with Gasteiger partial charge >= 0.3 is 0 Å². The second kappa shape index (κ2) is 5.08. The fourth-order valence-electron chi connectivity index (χ4n) is 2.04. The number of aromatic nitrogens is 2. The molecule has 0 aliphatic rings. The van der Waals surface area contributed by atoms with Gasteiger partial charge in [0.05, 0.1) is 33.4 Å². The summed E-state index contributed by atoms with van der Waals surface area (Å²) in [7, 11) is -3.81. The number of sulfonamides is 1. The number of nitrogens with one attached hydrogen (secondary N) is 2. The molecule has 9 heteroatoms. The average molecular weight is 336 g/mol.